The number of aromatic amines is 1. The number of hydrogen-bond donors (Lipinski definition) is 1. The first-order chi connectivity index (χ1) is 15.0. The Morgan fingerprint density at radius 1 is 0.903 bits per heavy atom. The lowest BCUT2D eigenvalue weighted by atomic mass is 10.2. The average molecular weight is 423 g/mol. The molecule has 9 heteroatoms. The van der Waals surface area contributed by atoms with Crippen molar-refractivity contribution in [3.63, 3.8) is 0 Å². The molecule has 1 fully saturated rings. The molecule has 0 unspecified atom stereocenters. The number of nitro groups is 1. The van der Waals surface area contributed by atoms with Crippen LogP contribution in [0, 0.1) is 10.1 Å². The Labute approximate surface area is 178 Å². The molecule has 2 heterocycles. The minimum atomic E-state index is -0.373. The maximum Gasteiger partial charge on any atom is 0.328 e. The van der Waals surface area contributed by atoms with Gasteiger partial charge in [-0.3, -0.25) is 29.4 Å². The molecule has 3 aromatic rings. The summed E-state index contributed by atoms with van der Waals surface area (Å²) in [5, 5.41) is 11.8. The molecule has 1 aliphatic rings. The Balaban J connectivity index is 1.30. The number of para-hydroxylation sites is 3. The molecule has 162 valence electrons. The second-order valence-electron chi connectivity index (χ2n) is 7.71. The van der Waals surface area contributed by atoms with Crippen LogP contribution >= 0.6 is 0 Å². The third kappa shape index (κ3) is 4.51. The number of piperazine rings is 1. The molecule has 1 saturated heterocycles. The number of hydrogen-bond acceptors (Lipinski definition) is 6. The highest BCUT2D eigenvalue weighted by atomic mass is 16.6. The number of rotatable bonds is 7. The van der Waals surface area contributed by atoms with Gasteiger partial charge in [0.15, 0.2) is 0 Å². The van der Waals surface area contributed by atoms with E-state index in [1.807, 2.05) is 12.1 Å². The van der Waals surface area contributed by atoms with Crippen molar-refractivity contribution in [2.24, 2.45) is 0 Å². The van der Waals surface area contributed by atoms with Crippen molar-refractivity contribution in [2.45, 2.75) is 19.4 Å². The summed E-state index contributed by atoms with van der Waals surface area (Å²) in [5.74, 6) is 0. The molecule has 31 heavy (non-hydrogen) atoms. The first-order valence-corrected chi connectivity index (χ1v) is 10.5. The number of aromatic nitrogens is 2. The summed E-state index contributed by atoms with van der Waals surface area (Å²) in [4.78, 5) is 41.9. The highest BCUT2D eigenvalue weighted by molar-refractivity contribution is 5.77. The zero-order chi connectivity index (χ0) is 21.8. The molecule has 0 spiro atoms. The number of benzene rings is 2. The Bertz CT molecular complexity index is 1190. The largest absolute Gasteiger partial charge is 0.363 e. The smallest absolute Gasteiger partial charge is 0.328 e. The van der Waals surface area contributed by atoms with Crippen LogP contribution in [-0.4, -0.2) is 52.1 Å². The molecule has 4 rings (SSSR count). The molecule has 1 aromatic heterocycles. The normalized spacial score (nSPS) is 14.8. The van der Waals surface area contributed by atoms with Crippen LogP contribution in [0.15, 0.2) is 58.1 Å². The number of aryl methyl sites for hydroxylation is 1. The van der Waals surface area contributed by atoms with E-state index in [1.54, 1.807) is 41.0 Å². The van der Waals surface area contributed by atoms with Crippen molar-refractivity contribution in [1.29, 1.82) is 0 Å². The fourth-order valence-electron chi connectivity index (χ4n) is 4.17. The summed E-state index contributed by atoms with van der Waals surface area (Å²) < 4.78 is 1.63. The van der Waals surface area contributed by atoms with E-state index < -0.39 is 0 Å². The van der Waals surface area contributed by atoms with E-state index in [2.05, 4.69) is 14.8 Å². The molecular formula is C22H25N5O4. The number of nitrogens with zero attached hydrogens (tertiary/aromatic N) is 4. The van der Waals surface area contributed by atoms with Crippen LogP contribution in [0.5, 0.6) is 0 Å². The highest BCUT2D eigenvalue weighted by Gasteiger charge is 2.22. The summed E-state index contributed by atoms with van der Waals surface area (Å²) in [6, 6.07) is 14.0. The third-order valence-electron chi connectivity index (χ3n) is 5.80. The third-order valence-corrected chi connectivity index (χ3v) is 5.80. The van der Waals surface area contributed by atoms with Crippen molar-refractivity contribution < 1.29 is 4.92 Å². The van der Waals surface area contributed by atoms with Gasteiger partial charge in [-0.15, -0.1) is 0 Å². The first kappa shape index (κ1) is 20.8. The Hall–Kier alpha value is -3.46. The SMILES string of the molecule is O=c1[nH]c(=O)n(CCCCN2CCN(c3ccccc3[N+](=O)[O-])CC2)c2ccccc12. The monoisotopic (exact) mass is 423 g/mol. The summed E-state index contributed by atoms with van der Waals surface area (Å²) in [6.07, 6.45) is 1.74. The van der Waals surface area contributed by atoms with Crippen LogP contribution in [0.3, 0.4) is 0 Å². The maximum absolute atomic E-state index is 12.2. The van der Waals surface area contributed by atoms with E-state index >= 15 is 0 Å². The predicted octanol–water partition coefficient (Wildman–Crippen LogP) is 2.20. The van der Waals surface area contributed by atoms with E-state index in [0.29, 0.717) is 23.1 Å². The van der Waals surface area contributed by atoms with Gasteiger partial charge >= 0.3 is 5.69 Å². The number of fused-ring (bicyclic) bond motifs is 1. The van der Waals surface area contributed by atoms with E-state index in [0.717, 1.165) is 45.6 Å². The number of anilines is 1. The average Bonchev–Trinajstić information content (AvgIpc) is 2.79. The zero-order valence-corrected chi connectivity index (χ0v) is 17.2. The molecular weight excluding hydrogens is 398 g/mol. The summed E-state index contributed by atoms with van der Waals surface area (Å²) in [5.41, 5.74) is 0.760. The lowest BCUT2D eigenvalue weighted by Crippen LogP contribution is -2.46. The van der Waals surface area contributed by atoms with Crippen LogP contribution in [0.2, 0.25) is 0 Å². The fraction of sp³-hybridized carbons (Fsp3) is 0.364. The number of nitrogens with one attached hydrogen (secondary N) is 1. The van der Waals surface area contributed by atoms with Gasteiger partial charge in [-0.25, -0.2) is 4.79 Å². The minimum Gasteiger partial charge on any atom is -0.363 e. The van der Waals surface area contributed by atoms with Gasteiger partial charge in [0.2, 0.25) is 0 Å². The Kier molecular flexibility index (Phi) is 6.13. The molecule has 0 bridgehead atoms. The molecule has 0 radical (unpaired) electrons. The predicted molar refractivity (Wildman–Crippen MR) is 120 cm³/mol. The van der Waals surface area contributed by atoms with Crippen molar-refractivity contribution in [3.05, 3.63) is 79.5 Å². The van der Waals surface area contributed by atoms with Gasteiger partial charge in [0.25, 0.3) is 11.2 Å². The summed E-state index contributed by atoms with van der Waals surface area (Å²) >= 11 is 0. The lowest BCUT2D eigenvalue weighted by molar-refractivity contribution is -0.384. The number of nitro benzene ring substituents is 1. The highest BCUT2D eigenvalue weighted by Crippen LogP contribution is 2.28. The van der Waals surface area contributed by atoms with E-state index in [1.165, 1.54) is 0 Å². The van der Waals surface area contributed by atoms with Gasteiger partial charge in [0, 0.05) is 38.8 Å². The van der Waals surface area contributed by atoms with Gasteiger partial charge in [-0.2, -0.15) is 0 Å². The lowest BCUT2D eigenvalue weighted by Gasteiger charge is -2.35. The van der Waals surface area contributed by atoms with Crippen LogP contribution in [0.4, 0.5) is 11.4 Å². The van der Waals surface area contributed by atoms with E-state index in [4.69, 9.17) is 0 Å². The molecule has 0 saturated carbocycles. The van der Waals surface area contributed by atoms with E-state index in [9.17, 15) is 19.7 Å². The van der Waals surface area contributed by atoms with Gasteiger partial charge in [0.1, 0.15) is 5.69 Å². The van der Waals surface area contributed by atoms with Crippen molar-refractivity contribution >= 4 is 22.3 Å². The van der Waals surface area contributed by atoms with Crippen LogP contribution in [-0.2, 0) is 6.54 Å². The molecule has 1 aliphatic heterocycles. The van der Waals surface area contributed by atoms with Gasteiger partial charge in [-0.1, -0.05) is 24.3 Å². The maximum atomic E-state index is 12.2. The van der Waals surface area contributed by atoms with Gasteiger partial charge in [0.05, 0.1) is 15.8 Å². The van der Waals surface area contributed by atoms with Crippen LogP contribution in [0.25, 0.3) is 10.9 Å². The molecule has 1 N–H and O–H groups in total. The standard InChI is InChI=1S/C22H25N5O4/c28-21-17-7-1-2-8-18(17)26(22(29)23-21)12-6-5-11-24-13-15-25(16-14-24)19-9-3-4-10-20(19)27(30)31/h1-4,7-10H,5-6,11-16H2,(H,23,28,29). The molecule has 0 amide bonds. The molecule has 2 aromatic carbocycles. The Morgan fingerprint density at radius 3 is 2.35 bits per heavy atom. The second-order valence-corrected chi connectivity index (χ2v) is 7.71. The number of H-pyrrole nitrogens is 1. The van der Waals surface area contributed by atoms with E-state index in [-0.39, 0.29) is 21.9 Å². The summed E-state index contributed by atoms with van der Waals surface area (Å²) in [7, 11) is 0. The quantitative estimate of drug-likeness (QED) is 0.355. The van der Waals surface area contributed by atoms with Crippen molar-refractivity contribution in [3.8, 4) is 0 Å². The minimum absolute atomic E-state index is 0.148. The van der Waals surface area contributed by atoms with Crippen molar-refractivity contribution in [1.82, 2.24) is 14.5 Å². The summed E-state index contributed by atoms with van der Waals surface area (Å²) in [6.45, 7) is 4.62. The molecule has 0 aliphatic carbocycles. The molecule has 0 atom stereocenters. The van der Waals surface area contributed by atoms with Gasteiger partial charge < -0.3 is 4.90 Å². The van der Waals surface area contributed by atoms with Crippen molar-refractivity contribution in [2.75, 3.05) is 37.6 Å². The second kappa shape index (κ2) is 9.13. The Morgan fingerprint density at radius 2 is 1.58 bits per heavy atom. The van der Waals surface area contributed by atoms with Crippen LogP contribution < -0.4 is 16.1 Å². The number of unbranched alkanes of at least 4 members (excludes halogenated alkanes) is 1. The zero-order valence-electron chi connectivity index (χ0n) is 17.2. The van der Waals surface area contributed by atoms with Gasteiger partial charge in [-0.05, 0) is 37.6 Å². The first-order valence-electron chi connectivity index (χ1n) is 10.5. The topological polar surface area (TPSA) is 104 Å². The van der Waals surface area contributed by atoms with Crippen LogP contribution in [0.1, 0.15) is 12.8 Å². The fourth-order valence-corrected chi connectivity index (χ4v) is 4.17. The molecule has 9 nitrogen and oxygen atoms in total.